The van der Waals surface area contributed by atoms with Crippen LogP contribution in [0, 0.1) is 0 Å². The third kappa shape index (κ3) is 4.89. The average molecular weight is 399 g/mol. The minimum absolute atomic E-state index is 0.0244. The Balaban J connectivity index is 2.25. The van der Waals surface area contributed by atoms with E-state index in [0.29, 0.717) is 0 Å². The maximum atomic E-state index is 12.8. The van der Waals surface area contributed by atoms with Crippen LogP contribution < -0.4 is 4.72 Å². The zero-order valence-corrected chi connectivity index (χ0v) is 16.0. The van der Waals surface area contributed by atoms with Crippen LogP contribution >= 0.6 is 0 Å². The molecule has 26 heavy (non-hydrogen) atoms. The van der Waals surface area contributed by atoms with Gasteiger partial charge in [-0.3, -0.25) is 0 Å². The number of hydrogen-bond acceptors (Lipinski definition) is 5. The third-order valence-corrected chi connectivity index (χ3v) is 7.14. The molecule has 0 saturated heterocycles. The van der Waals surface area contributed by atoms with Gasteiger partial charge in [0, 0.05) is 19.6 Å². The molecule has 0 aliphatic rings. The molecule has 7 nitrogen and oxygen atoms in total. The van der Waals surface area contributed by atoms with Crippen molar-refractivity contribution in [2.45, 2.75) is 23.3 Å². The fraction of sp³-hybridized carbons (Fsp3) is 0.294. The van der Waals surface area contributed by atoms with Crippen molar-refractivity contribution in [2.24, 2.45) is 0 Å². The zero-order chi connectivity index (χ0) is 19.2. The molecule has 2 rings (SSSR count). The molecule has 0 amide bonds. The van der Waals surface area contributed by atoms with E-state index in [1.165, 1.54) is 28.6 Å². The van der Waals surface area contributed by atoms with E-state index < -0.39 is 20.0 Å². The molecule has 142 valence electrons. The Hall–Kier alpha value is -1.78. The maximum Gasteiger partial charge on any atom is 0.243 e. The number of aliphatic hydroxyl groups excluding tert-OH is 1. The van der Waals surface area contributed by atoms with Gasteiger partial charge in [-0.1, -0.05) is 37.3 Å². The molecule has 2 N–H and O–H groups in total. The molecule has 0 bridgehead atoms. The second-order valence-electron chi connectivity index (χ2n) is 5.51. The van der Waals surface area contributed by atoms with Gasteiger partial charge in [0.25, 0.3) is 0 Å². The lowest BCUT2D eigenvalue weighted by Crippen LogP contribution is -2.30. The van der Waals surface area contributed by atoms with Crippen LogP contribution in [0.15, 0.2) is 64.4 Å². The van der Waals surface area contributed by atoms with Gasteiger partial charge in [-0.25, -0.2) is 21.6 Å². The van der Waals surface area contributed by atoms with Gasteiger partial charge >= 0.3 is 0 Å². The largest absolute Gasteiger partial charge is 0.395 e. The molecule has 0 heterocycles. The maximum absolute atomic E-state index is 12.8. The summed E-state index contributed by atoms with van der Waals surface area (Å²) < 4.78 is 53.2. The molecular formula is C17H22N2O5S2. The van der Waals surface area contributed by atoms with Gasteiger partial charge in [0.2, 0.25) is 20.0 Å². The van der Waals surface area contributed by atoms with Crippen molar-refractivity contribution < 1.29 is 21.9 Å². The quantitative estimate of drug-likeness (QED) is 0.660. The number of benzene rings is 2. The van der Waals surface area contributed by atoms with Crippen molar-refractivity contribution >= 4 is 20.0 Å². The molecule has 0 atom stereocenters. The summed E-state index contributed by atoms with van der Waals surface area (Å²) in [4.78, 5) is -0.0348. The van der Waals surface area contributed by atoms with Gasteiger partial charge in [0.1, 0.15) is 0 Å². The van der Waals surface area contributed by atoms with E-state index in [9.17, 15) is 16.8 Å². The second-order valence-corrected chi connectivity index (χ2v) is 9.21. The van der Waals surface area contributed by atoms with E-state index in [4.69, 9.17) is 5.11 Å². The highest BCUT2D eigenvalue weighted by Gasteiger charge is 2.24. The van der Waals surface area contributed by atoms with Gasteiger partial charge in [-0.2, -0.15) is 4.31 Å². The highest BCUT2D eigenvalue weighted by Crippen LogP contribution is 2.20. The van der Waals surface area contributed by atoms with Gasteiger partial charge in [-0.15, -0.1) is 0 Å². The molecule has 0 aliphatic carbocycles. The standard InChI is InChI=1S/C17H22N2O5S2/c1-2-19(14-15-6-4-3-5-7-15)26(23,24)17-10-8-16(9-11-17)25(21,22)18-12-13-20/h3-11,18,20H,2,12-14H2,1H3. The molecule has 0 unspecified atom stereocenters. The van der Waals surface area contributed by atoms with Crippen LogP contribution in [0.2, 0.25) is 0 Å². The van der Waals surface area contributed by atoms with E-state index in [1.54, 1.807) is 6.92 Å². The fourth-order valence-corrected chi connectivity index (χ4v) is 4.82. The Kier molecular flexibility index (Phi) is 6.90. The Labute approximate surface area is 154 Å². The first kappa shape index (κ1) is 20.5. The first-order chi connectivity index (χ1) is 12.3. The van der Waals surface area contributed by atoms with Crippen LogP contribution in [0.3, 0.4) is 0 Å². The smallest absolute Gasteiger partial charge is 0.243 e. The SMILES string of the molecule is CCN(Cc1ccccc1)S(=O)(=O)c1ccc(S(=O)(=O)NCCO)cc1. The number of nitrogens with one attached hydrogen (secondary N) is 1. The van der Waals surface area contributed by atoms with Crippen LogP contribution in [0.5, 0.6) is 0 Å². The minimum atomic E-state index is -3.78. The molecular weight excluding hydrogens is 376 g/mol. The van der Waals surface area contributed by atoms with Crippen LogP contribution in [0.25, 0.3) is 0 Å². The second kappa shape index (κ2) is 8.74. The summed E-state index contributed by atoms with van der Waals surface area (Å²) in [5, 5.41) is 8.72. The lowest BCUT2D eigenvalue weighted by atomic mass is 10.2. The van der Waals surface area contributed by atoms with Gasteiger partial charge in [0.05, 0.1) is 16.4 Å². The van der Waals surface area contributed by atoms with E-state index in [-0.39, 0.29) is 36.0 Å². The van der Waals surface area contributed by atoms with Crippen molar-refractivity contribution in [2.75, 3.05) is 19.7 Å². The van der Waals surface area contributed by atoms with E-state index in [0.717, 1.165) is 5.56 Å². The first-order valence-corrected chi connectivity index (χ1v) is 11.0. The van der Waals surface area contributed by atoms with Crippen LogP contribution in [0.1, 0.15) is 12.5 Å². The fourth-order valence-electron chi connectivity index (χ4n) is 2.36. The number of nitrogens with zero attached hydrogens (tertiary/aromatic N) is 1. The van der Waals surface area contributed by atoms with Crippen molar-refractivity contribution in [3.63, 3.8) is 0 Å². The predicted octanol–water partition coefficient (Wildman–Crippen LogP) is 1.17. The monoisotopic (exact) mass is 398 g/mol. The van der Waals surface area contributed by atoms with Crippen molar-refractivity contribution in [3.8, 4) is 0 Å². The molecule has 0 saturated carbocycles. The predicted molar refractivity (Wildman–Crippen MR) is 98.4 cm³/mol. The minimum Gasteiger partial charge on any atom is -0.395 e. The van der Waals surface area contributed by atoms with Crippen molar-refractivity contribution in [1.29, 1.82) is 0 Å². The normalized spacial score (nSPS) is 12.4. The topological polar surface area (TPSA) is 104 Å². The number of sulfonamides is 2. The summed E-state index contributed by atoms with van der Waals surface area (Å²) in [6.07, 6.45) is 0. The van der Waals surface area contributed by atoms with E-state index in [1.807, 2.05) is 30.3 Å². The number of aliphatic hydroxyl groups is 1. The average Bonchev–Trinajstić information content (AvgIpc) is 2.65. The van der Waals surface area contributed by atoms with Crippen LogP contribution in [-0.4, -0.2) is 45.9 Å². The molecule has 0 spiro atoms. The third-order valence-electron chi connectivity index (χ3n) is 3.73. The molecule has 0 fully saturated rings. The molecule has 9 heteroatoms. The lowest BCUT2D eigenvalue weighted by molar-refractivity contribution is 0.301. The van der Waals surface area contributed by atoms with Crippen LogP contribution in [-0.2, 0) is 26.6 Å². The Morgan fingerprint density at radius 3 is 2.04 bits per heavy atom. The van der Waals surface area contributed by atoms with Gasteiger partial charge in [0.15, 0.2) is 0 Å². The van der Waals surface area contributed by atoms with E-state index in [2.05, 4.69) is 4.72 Å². The summed E-state index contributed by atoms with van der Waals surface area (Å²) in [5.74, 6) is 0. The molecule has 0 aliphatic heterocycles. The molecule has 2 aromatic rings. The lowest BCUT2D eigenvalue weighted by Gasteiger charge is -2.20. The first-order valence-electron chi connectivity index (χ1n) is 8.06. The van der Waals surface area contributed by atoms with Gasteiger partial charge in [-0.05, 0) is 29.8 Å². The van der Waals surface area contributed by atoms with E-state index >= 15 is 0 Å². The Bertz CT molecular complexity index is 911. The molecule has 0 radical (unpaired) electrons. The van der Waals surface area contributed by atoms with Gasteiger partial charge < -0.3 is 5.11 Å². The summed E-state index contributed by atoms with van der Waals surface area (Å²) in [5.41, 5.74) is 0.866. The summed E-state index contributed by atoms with van der Waals surface area (Å²) in [6.45, 7) is 1.84. The number of rotatable bonds is 9. The highest BCUT2D eigenvalue weighted by atomic mass is 32.2. The van der Waals surface area contributed by atoms with Crippen molar-refractivity contribution in [1.82, 2.24) is 9.03 Å². The zero-order valence-electron chi connectivity index (χ0n) is 14.4. The Morgan fingerprint density at radius 1 is 0.923 bits per heavy atom. The Morgan fingerprint density at radius 2 is 1.50 bits per heavy atom. The van der Waals surface area contributed by atoms with Crippen molar-refractivity contribution in [3.05, 3.63) is 60.2 Å². The highest BCUT2D eigenvalue weighted by molar-refractivity contribution is 7.89. The summed E-state index contributed by atoms with van der Waals surface area (Å²) >= 11 is 0. The van der Waals surface area contributed by atoms with Crippen LogP contribution in [0.4, 0.5) is 0 Å². The summed E-state index contributed by atoms with van der Waals surface area (Å²) in [6, 6.07) is 14.3. The molecule has 0 aromatic heterocycles. The summed E-state index contributed by atoms with van der Waals surface area (Å²) in [7, 11) is -7.53. The number of hydrogen-bond donors (Lipinski definition) is 2. The molecule has 2 aromatic carbocycles.